The normalized spacial score (nSPS) is 12.0. The number of hydrogen-bond donors (Lipinski definition) is 1. The molecule has 2 heterocycles. The first kappa shape index (κ1) is 15.7. The van der Waals surface area contributed by atoms with Crippen molar-refractivity contribution in [3.8, 4) is 11.3 Å². The summed E-state index contributed by atoms with van der Waals surface area (Å²) < 4.78 is 1.93. The first-order valence-electron chi connectivity index (χ1n) is 7.66. The van der Waals surface area contributed by atoms with Gasteiger partial charge in [-0.3, -0.25) is 4.40 Å². The van der Waals surface area contributed by atoms with Crippen LogP contribution in [0.15, 0.2) is 30.5 Å². The van der Waals surface area contributed by atoms with Gasteiger partial charge in [-0.25, -0.2) is 9.78 Å². The summed E-state index contributed by atoms with van der Waals surface area (Å²) in [7, 11) is 0. The predicted molar refractivity (Wildman–Crippen MR) is 93.5 cm³/mol. The lowest BCUT2D eigenvalue weighted by Crippen LogP contribution is -2.17. The Labute approximate surface area is 139 Å². The number of benzene rings is 1. The highest BCUT2D eigenvalue weighted by molar-refractivity contribution is 7.19. The van der Waals surface area contributed by atoms with Gasteiger partial charge in [0.1, 0.15) is 4.88 Å². The summed E-state index contributed by atoms with van der Waals surface area (Å²) in [5.41, 5.74) is 3.75. The second kappa shape index (κ2) is 5.49. The molecule has 120 valence electrons. The van der Waals surface area contributed by atoms with Crippen molar-refractivity contribution in [3.63, 3.8) is 0 Å². The molecule has 3 aromatic rings. The van der Waals surface area contributed by atoms with Gasteiger partial charge in [-0.2, -0.15) is 0 Å². The summed E-state index contributed by atoms with van der Waals surface area (Å²) >= 11 is 1.23. The van der Waals surface area contributed by atoms with Gasteiger partial charge in [0.05, 0.1) is 11.4 Å². The zero-order chi connectivity index (χ0) is 16.8. The average Bonchev–Trinajstić information content (AvgIpc) is 3.03. The van der Waals surface area contributed by atoms with Crippen LogP contribution < -0.4 is 0 Å². The number of aromatic carboxylic acids is 1. The lowest BCUT2D eigenvalue weighted by atomic mass is 9.91. The number of aromatic nitrogens is 2. The van der Waals surface area contributed by atoms with E-state index in [1.54, 1.807) is 0 Å². The van der Waals surface area contributed by atoms with Crippen LogP contribution in [0.5, 0.6) is 0 Å². The Morgan fingerprint density at radius 3 is 2.43 bits per heavy atom. The molecule has 0 radical (unpaired) electrons. The van der Waals surface area contributed by atoms with Crippen LogP contribution in [0.4, 0.5) is 0 Å². The second-order valence-corrected chi connectivity index (χ2v) is 7.64. The van der Waals surface area contributed by atoms with Gasteiger partial charge in [-0.05, 0) is 12.0 Å². The monoisotopic (exact) mass is 328 g/mol. The lowest BCUT2D eigenvalue weighted by Gasteiger charge is -2.18. The van der Waals surface area contributed by atoms with Gasteiger partial charge in [-0.1, -0.05) is 63.3 Å². The molecule has 1 N–H and O–H groups in total. The number of rotatable bonds is 3. The number of imidazole rings is 1. The quantitative estimate of drug-likeness (QED) is 0.763. The molecule has 2 aromatic heterocycles. The molecule has 0 amide bonds. The molecule has 0 fully saturated rings. The van der Waals surface area contributed by atoms with Crippen LogP contribution in [0.3, 0.4) is 0 Å². The molecule has 5 heteroatoms. The number of nitrogens with zero attached hydrogens (tertiary/aromatic N) is 2. The first-order valence-corrected chi connectivity index (χ1v) is 8.48. The summed E-state index contributed by atoms with van der Waals surface area (Å²) in [6, 6.07) is 8.35. The predicted octanol–water partition coefficient (Wildman–Crippen LogP) is 4.62. The van der Waals surface area contributed by atoms with E-state index in [2.05, 4.69) is 36.2 Å². The third kappa shape index (κ3) is 2.77. The smallest absolute Gasteiger partial charge is 0.347 e. The number of aryl methyl sites for hydroxylation is 1. The molecule has 0 unspecified atom stereocenters. The summed E-state index contributed by atoms with van der Waals surface area (Å²) in [4.78, 5) is 17.3. The van der Waals surface area contributed by atoms with Gasteiger partial charge in [0.25, 0.3) is 0 Å². The van der Waals surface area contributed by atoms with Gasteiger partial charge >= 0.3 is 5.97 Å². The highest BCUT2D eigenvalue weighted by Gasteiger charge is 2.28. The maximum atomic E-state index is 11.5. The fourth-order valence-corrected chi connectivity index (χ4v) is 3.90. The van der Waals surface area contributed by atoms with Crippen molar-refractivity contribution in [1.82, 2.24) is 9.38 Å². The maximum Gasteiger partial charge on any atom is 0.347 e. The van der Waals surface area contributed by atoms with E-state index in [1.807, 2.05) is 31.4 Å². The molecule has 0 saturated carbocycles. The van der Waals surface area contributed by atoms with E-state index in [0.717, 1.165) is 28.3 Å². The van der Waals surface area contributed by atoms with Crippen LogP contribution in [0.2, 0.25) is 0 Å². The number of hydrogen-bond acceptors (Lipinski definition) is 3. The van der Waals surface area contributed by atoms with E-state index < -0.39 is 5.97 Å². The molecule has 0 atom stereocenters. The summed E-state index contributed by atoms with van der Waals surface area (Å²) in [5.74, 6) is -0.890. The summed E-state index contributed by atoms with van der Waals surface area (Å²) in [6.07, 6.45) is 2.95. The van der Waals surface area contributed by atoms with Crippen LogP contribution in [-0.4, -0.2) is 20.5 Å². The first-order chi connectivity index (χ1) is 10.8. The maximum absolute atomic E-state index is 11.5. The number of fused-ring (bicyclic) bond motifs is 1. The third-order valence-corrected chi connectivity index (χ3v) is 4.93. The van der Waals surface area contributed by atoms with E-state index in [1.165, 1.54) is 16.9 Å². The highest BCUT2D eigenvalue weighted by atomic mass is 32.1. The van der Waals surface area contributed by atoms with E-state index >= 15 is 0 Å². The molecular weight excluding hydrogens is 308 g/mol. The zero-order valence-corrected chi connectivity index (χ0v) is 14.6. The third-order valence-electron chi connectivity index (χ3n) is 3.89. The Balaban J connectivity index is 2.15. The lowest BCUT2D eigenvalue weighted by molar-refractivity contribution is 0.0699. The SMILES string of the molecule is CCc1ccc(-c2cn3c(C(C)(C)C)c(C(=O)O)sc3n2)cc1. The minimum atomic E-state index is -0.890. The van der Waals surface area contributed by atoms with Gasteiger partial charge < -0.3 is 5.11 Å². The second-order valence-electron chi connectivity index (χ2n) is 6.66. The van der Waals surface area contributed by atoms with Gasteiger partial charge in [0, 0.05) is 17.2 Å². The fraction of sp³-hybridized carbons (Fsp3) is 0.333. The largest absolute Gasteiger partial charge is 0.477 e. The molecule has 23 heavy (non-hydrogen) atoms. The van der Waals surface area contributed by atoms with Crippen molar-refractivity contribution in [2.45, 2.75) is 39.5 Å². The standard InChI is InChI=1S/C18H20N2O2S/c1-5-11-6-8-12(9-7-11)13-10-20-15(18(2,3)4)14(16(21)22)23-17(20)19-13/h6-10H,5H2,1-4H3,(H,21,22). The van der Waals surface area contributed by atoms with Gasteiger partial charge in [-0.15, -0.1) is 0 Å². The Hall–Kier alpha value is -2.14. The van der Waals surface area contributed by atoms with Crippen LogP contribution in [0.25, 0.3) is 16.2 Å². The molecular formula is C18H20N2O2S. The molecule has 3 rings (SSSR count). The van der Waals surface area contributed by atoms with Crippen LogP contribution in [0.1, 0.15) is 48.6 Å². The topological polar surface area (TPSA) is 54.6 Å². The number of carboxylic acids is 1. The van der Waals surface area contributed by atoms with Crippen molar-refractivity contribution in [3.05, 3.63) is 46.6 Å². The van der Waals surface area contributed by atoms with E-state index in [-0.39, 0.29) is 5.41 Å². The molecule has 0 aliphatic rings. The minimum absolute atomic E-state index is 0.268. The number of carbonyl (C=O) groups is 1. The summed E-state index contributed by atoms with van der Waals surface area (Å²) in [5, 5.41) is 9.46. The van der Waals surface area contributed by atoms with Crippen LogP contribution in [-0.2, 0) is 11.8 Å². The van der Waals surface area contributed by atoms with Crippen LogP contribution >= 0.6 is 11.3 Å². The Morgan fingerprint density at radius 2 is 1.91 bits per heavy atom. The van der Waals surface area contributed by atoms with Crippen molar-refractivity contribution < 1.29 is 9.90 Å². The van der Waals surface area contributed by atoms with Gasteiger partial charge in [0.2, 0.25) is 0 Å². The number of thiazole rings is 1. The van der Waals surface area contributed by atoms with Crippen molar-refractivity contribution in [1.29, 1.82) is 0 Å². The summed E-state index contributed by atoms with van der Waals surface area (Å²) in [6.45, 7) is 8.20. The van der Waals surface area contributed by atoms with Crippen molar-refractivity contribution in [2.75, 3.05) is 0 Å². The van der Waals surface area contributed by atoms with E-state index in [4.69, 9.17) is 0 Å². The van der Waals surface area contributed by atoms with Gasteiger partial charge in [0.15, 0.2) is 4.96 Å². The fourth-order valence-electron chi connectivity index (χ4n) is 2.74. The Morgan fingerprint density at radius 1 is 1.26 bits per heavy atom. The Bertz CT molecular complexity index is 867. The molecule has 0 saturated heterocycles. The molecule has 0 bridgehead atoms. The van der Waals surface area contributed by atoms with Crippen molar-refractivity contribution >= 4 is 22.3 Å². The Kier molecular flexibility index (Phi) is 3.76. The molecule has 0 aliphatic heterocycles. The van der Waals surface area contributed by atoms with Crippen molar-refractivity contribution in [2.24, 2.45) is 0 Å². The molecule has 0 spiro atoms. The number of carboxylic acid groups (broad SMARTS) is 1. The molecule has 1 aromatic carbocycles. The minimum Gasteiger partial charge on any atom is -0.477 e. The van der Waals surface area contributed by atoms with E-state index in [0.29, 0.717) is 4.88 Å². The average molecular weight is 328 g/mol. The highest BCUT2D eigenvalue weighted by Crippen LogP contribution is 2.34. The molecule has 4 nitrogen and oxygen atoms in total. The zero-order valence-electron chi connectivity index (χ0n) is 13.8. The molecule has 0 aliphatic carbocycles. The van der Waals surface area contributed by atoms with Crippen LogP contribution in [0, 0.1) is 0 Å². The van der Waals surface area contributed by atoms with E-state index in [9.17, 15) is 9.90 Å².